The van der Waals surface area contributed by atoms with Crippen molar-refractivity contribution in [3.05, 3.63) is 12.2 Å². The van der Waals surface area contributed by atoms with E-state index >= 15 is 0 Å². The van der Waals surface area contributed by atoms with Crippen molar-refractivity contribution in [2.75, 3.05) is 13.2 Å². The summed E-state index contributed by atoms with van der Waals surface area (Å²) in [7, 11) is 0. The van der Waals surface area contributed by atoms with E-state index in [1.165, 1.54) is 173 Å². The molecular weight excluding hydrogens is 731 g/mol. The first-order valence-electron chi connectivity index (χ1n) is 24.9. The molecule has 0 aromatic rings. The average molecular weight is 826 g/mol. The smallest absolute Gasteiger partial charge is 0.220 e. The number of hydrogen-bond donors (Lipinski definition) is 6. The van der Waals surface area contributed by atoms with Gasteiger partial charge in [0.05, 0.1) is 25.4 Å². The Kier molecular flexibility index (Phi) is 37.9. The molecule has 1 heterocycles. The minimum absolute atomic E-state index is 0.134. The predicted octanol–water partition coefficient (Wildman–Crippen LogP) is 10.9. The molecule has 0 aliphatic carbocycles. The molecule has 344 valence electrons. The number of rotatable bonds is 42. The van der Waals surface area contributed by atoms with Crippen LogP contribution in [0.25, 0.3) is 0 Å². The summed E-state index contributed by atoms with van der Waals surface area (Å²) in [4.78, 5) is 13.0. The molecule has 1 fully saturated rings. The minimum Gasteiger partial charge on any atom is -0.394 e. The van der Waals surface area contributed by atoms with Gasteiger partial charge in [0.25, 0.3) is 0 Å². The van der Waals surface area contributed by atoms with Crippen molar-refractivity contribution < 1.29 is 39.8 Å². The van der Waals surface area contributed by atoms with Gasteiger partial charge in [0, 0.05) is 6.42 Å². The maximum Gasteiger partial charge on any atom is 0.220 e. The minimum atomic E-state index is -1.55. The van der Waals surface area contributed by atoms with Gasteiger partial charge >= 0.3 is 0 Å². The third-order valence-corrected chi connectivity index (χ3v) is 12.1. The van der Waals surface area contributed by atoms with Gasteiger partial charge in [-0.05, 0) is 38.5 Å². The van der Waals surface area contributed by atoms with Crippen LogP contribution in [-0.4, -0.2) is 87.5 Å². The summed E-state index contributed by atoms with van der Waals surface area (Å²) < 4.78 is 11.3. The van der Waals surface area contributed by atoms with Gasteiger partial charge in [-0.2, -0.15) is 0 Å². The van der Waals surface area contributed by atoms with Gasteiger partial charge in [-0.25, -0.2) is 0 Å². The van der Waals surface area contributed by atoms with E-state index in [1.54, 1.807) is 0 Å². The monoisotopic (exact) mass is 826 g/mol. The molecule has 6 N–H and O–H groups in total. The molecule has 2 unspecified atom stereocenters. The van der Waals surface area contributed by atoms with Crippen LogP contribution in [0.5, 0.6) is 0 Å². The van der Waals surface area contributed by atoms with Gasteiger partial charge < -0.3 is 40.3 Å². The average Bonchev–Trinajstić information content (AvgIpc) is 3.22. The molecule has 58 heavy (non-hydrogen) atoms. The molecule has 1 saturated heterocycles. The molecule has 1 aliphatic rings. The number of aliphatic hydroxyl groups is 5. The first kappa shape index (κ1) is 54.9. The summed E-state index contributed by atoms with van der Waals surface area (Å²) in [5, 5.41) is 54.4. The molecule has 1 rings (SSSR count). The zero-order chi connectivity index (χ0) is 42.3. The van der Waals surface area contributed by atoms with Gasteiger partial charge in [-0.3, -0.25) is 4.79 Å². The van der Waals surface area contributed by atoms with Crippen molar-refractivity contribution in [1.29, 1.82) is 0 Å². The van der Waals surface area contributed by atoms with Crippen molar-refractivity contribution in [2.24, 2.45) is 0 Å². The molecule has 0 aromatic carbocycles. The lowest BCUT2D eigenvalue weighted by molar-refractivity contribution is -0.302. The SMILES string of the molecule is CCCCCCCC/C=C/CCCCCCCCCCCCCC(=O)N[C@@H](CO[C@H]1O[C@@H](CO)[C@H](O)C(O)C1O)[C@H](O)CCCCCCCCCCCCCCCC. The number of ether oxygens (including phenoxy) is 2. The van der Waals surface area contributed by atoms with Crippen molar-refractivity contribution >= 4 is 5.91 Å². The van der Waals surface area contributed by atoms with Crippen LogP contribution in [-0.2, 0) is 14.3 Å². The van der Waals surface area contributed by atoms with E-state index in [1.807, 2.05) is 0 Å². The van der Waals surface area contributed by atoms with Gasteiger partial charge in [0.1, 0.15) is 24.4 Å². The highest BCUT2D eigenvalue weighted by molar-refractivity contribution is 5.76. The van der Waals surface area contributed by atoms with Crippen LogP contribution in [0.1, 0.15) is 239 Å². The summed E-state index contributed by atoms with van der Waals surface area (Å²) in [6, 6.07) is -0.715. The van der Waals surface area contributed by atoms with Crippen LogP contribution in [0, 0.1) is 0 Å². The van der Waals surface area contributed by atoms with E-state index in [0.717, 1.165) is 38.5 Å². The van der Waals surface area contributed by atoms with E-state index in [-0.39, 0.29) is 12.5 Å². The molecule has 0 aromatic heterocycles. The number of aliphatic hydroxyl groups excluding tert-OH is 5. The molecule has 1 aliphatic heterocycles. The topological polar surface area (TPSA) is 149 Å². The Hall–Kier alpha value is -1.07. The number of carbonyl (C=O) groups is 1. The Balaban J connectivity index is 2.26. The highest BCUT2D eigenvalue weighted by Crippen LogP contribution is 2.23. The normalized spacial score (nSPS) is 20.8. The quantitative estimate of drug-likeness (QED) is 0.0263. The Morgan fingerprint density at radius 2 is 0.966 bits per heavy atom. The van der Waals surface area contributed by atoms with E-state index < -0.39 is 49.5 Å². The van der Waals surface area contributed by atoms with E-state index in [9.17, 15) is 30.3 Å². The summed E-state index contributed by atoms with van der Waals surface area (Å²) in [6.45, 7) is 3.84. The lowest BCUT2D eigenvalue weighted by Crippen LogP contribution is -2.60. The first-order chi connectivity index (χ1) is 28.3. The Morgan fingerprint density at radius 1 is 0.569 bits per heavy atom. The highest BCUT2D eigenvalue weighted by Gasteiger charge is 2.44. The molecule has 0 saturated carbocycles. The van der Waals surface area contributed by atoms with Crippen LogP contribution < -0.4 is 5.32 Å². The number of hydrogen-bond acceptors (Lipinski definition) is 8. The van der Waals surface area contributed by atoms with Crippen LogP contribution in [0.2, 0.25) is 0 Å². The molecule has 0 bridgehead atoms. The Morgan fingerprint density at radius 3 is 1.40 bits per heavy atom. The van der Waals surface area contributed by atoms with Gasteiger partial charge in [-0.1, -0.05) is 206 Å². The zero-order valence-electron chi connectivity index (χ0n) is 37.8. The van der Waals surface area contributed by atoms with Crippen molar-refractivity contribution in [3.63, 3.8) is 0 Å². The number of nitrogens with one attached hydrogen (secondary N) is 1. The summed E-state index contributed by atoms with van der Waals surface area (Å²) in [6.07, 6.45) is 39.3. The Bertz CT molecular complexity index is 919. The molecule has 1 amide bonds. The number of unbranched alkanes of at least 4 members (excludes halogenated alkanes) is 30. The van der Waals surface area contributed by atoms with Crippen LogP contribution in [0.3, 0.4) is 0 Å². The van der Waals surface area contributed by atoms with Crippen molar-refractivity contribution in [1.82, 2.24) is 5.32 Å². The fourth-order valence-electron chi connectivity index (χ4n) is 8.10. The molecule has 0 spiro atoms. The van der Waals surface area contributed by atoms with Crippen LogP contribution >= 0.6 is 0 Å². The van der Waals surface area contributed by atoms with E-state index in [2.05, 4.69) is 31.3 Å². The highest BCUT2D eigenvalue weighted by atomic mass is 16.7. The van der Waals surface area contributed by atoms with Gasteiger partial charge in [0.2, 0.25) is 5.91 Å². The van der Waals surface area contributed by atoms with Crippen LogP contribution in [0.4, 0.5) is 0 Å². The number of amides is 1. The summed E-state index contributed by atoms with van der Waals surface area (Å²) >= 11 is 0. The second kappa shape index (κ2) is 40.0. The molecule has 7 atom stereocenters. The van der Waals surface area contributed by atoms with Crippen molar-refractivity contribution in [2.45, 2.75) is 281 Å². The fourth-order valence-corrected chi connectivity index (χ4v) is 8.10. The second-order valence-corrected chi connectivity index (χ2v) is 17.6. The third kappa shape index (κ3) is 30.0. The number of allylic oxidation sites excluding steroid dienone is 2. The van der Waals surface area contributed by atoms with Crippen molar-refractivity contribution in [3.8, 4) is 0 Å². The zero-order valence-corrected chi connectivity index (χ0v) is 37.8. The lowest BCUT2D eigenvalue weighted by Gasteiger charge is -2.40. The third-order valence-electron chi connectivity index (χ3n) is 12.1. The lowest BCUT2D eigenvalue weighted by atomic mass is 9.99. The van der Waals surface area contributed by atoms with Gasteiger partial charge in [0.15, 0.2) is 6.29 Å². The maximum absolute atomic E-state index is 13.0. The first-order valence-corrected chi connectivity index (χ1v) is 24.9. The second-order valence-electron chi connectivity index (χ2n) is 17.6. The molecular formula is C49H95NO8. The molecule has 0 radical (unpaired) electrons. The molecule has 9 heteroatoms. The largest absolute Gasteiger partial charge is 0.394 e. The maximum atomic E-state index is 13.0. The molecule has 9 nitrogen and oxygen atoms in total. The Labute approximate surface area is 356 Å². The van der Waals surface area contributed by atoms with Crippen LogP contribution in [0.15, 0.2) is 12.2 Å². The standard InChI is InChI=1S/C49H95NO8/c1-3-5-7-9-11-13-15-17-19-20-21-22-23-24-25-27-29-31-33-35-37-39-45(53)50-42(41-57-49-48(56)47(55)46(54)44(40-51)58-49)43(52)38-36-34-32-30-28-26-18-16-14-12-10-8-6-4-2/h17,19,42-44,46-49,51-52,54-56H,3-16,18,20-41H2,1-2H3,(H,50,53)/b19-17+/t42-,43+,44-,46-,47?,48?,49-/m0/s1. The van der Waals surface area contributed by atoms with E-state index in [4.69, 9.17) is 9.47 Å². The fraction of sp³-hybridized carbons (Fsp3) is 0.939. The summed E-state index contributed by atoms with van der Waals surface area (Å²) in [5.41, 5.74) is 0. The number of carbonyl (C=O) groups excluding carboxylic acids is 1. The predicted molar refractivity (Wildman–Crippen MR) is 240 cm³/mol. The van der Waals surface area contributed by atoms with Gasteiger partial charge in [-0.15, -0.1) is 0 Å². The summed E-state index contributed by atoms with van der Waals surface area (Å²) in [5.74, 6) is -0.143. The van der Waals surface area contributed by atoms with E-state index in [0.29, 0.717) is 12.8 Å².